The number of rotatable bonds is 6. The van der Waals surface area contributed by atoms with Gasteiger partial charge in [0, 0.05) is 11.4 Å². The molecule has 1 aliphatic carbocycles. The van der Waals surface area contributed by atoms with Crippen molar-refractivity contribution in [1.29, 1.82) is 0 Å². The highest BCUT2D eigenvalue weighted by Crippen LogP contribution is 2.37. The zero-order valence-electron chi connectivity index (χ0n) is 11.5. The molecule has 1 aromatic rings. The molecule has 0 amide bonds. The van der Waals surface area contributed by atoms with E-state index in [4.69, 9.17) is 5.73 Å². The van der Waals surface area contributed by atoms with Crippen molar-refractivity contribution in [2.24, 2.45) is 11.1 Å². The molecule has 1 aromatic heterocycles. The number of hydrogen-bond donors (Lipinski definition) is 2. The first kappa shape index (κ1) is 14.0. The molecule has 0 unspecified atom stereocenters. The van der Waals surface area contributed by atoms with Crippen LogP contribution in [0.2, 0.25) is 0 Å². The first-order valence-electron chi connectivity index (χ1n) is 7.19. The normalized spacial score (nSPS) is 19.0. The maximum absolute atomic E-state index is 6.01. The lowest BCUT2D eigenvalue weighted by molar-refractivity contribution is 0.181. The lowest BCUT2D eigenvalue weighted by atomic mass is 9.72. The summed E-state index contributed by atoms with van der Waals surface area (Å²) < 4.78 is 0. The van der Waals surface area contributed by atoms with E-state index in [1.807, 2.05) is 11.3 Å². The minimum absolute atomic E-state index is 0.440. The van der Waals surface area contributed by atoms with Crippen LogP contribution in [0.1, 0.15) is 49.0 Å². The van der Waals surface area contributed by atoms with Crippen LogP contribution in [0.3, 0.4) is 0 Å². The molecule has 0 saturated heterocycles. The second-order valence-electron chi connectivity index (χ2n) is 5.72. The number of nitrogens with one attached hydrogen (secondary N) is 1. The van der Waals surface area contributed by atoms with E-state index in [0.29, 0.717) is 5.41 Å². The van der Waals surface area contributed by atoms with Crippen LogP contribution in [-0.2, 0) is 6.54 Å². The number of aryl methyl sites for hydroxylation is 1. The fourth-order valence-corrected chi connectivity index (χ4v) is 3.87. The van der Waals surface area contributed by atoms with Crippen molar-refractivity contribution in [2.45, 2.75) is 52.0 Å². The summed E-state index contributed by atoms with van der Waals surface area (Å²) in [7, 11) is 0. The Morgan fingerprint density at radius 1 is 1.33 bits per heavy atom. The van der Waals surface area contributed by atoms with Gasteiger partial charge in [-0.3, -0.25) is 0 Å². The fourth-order valence-electron chi connectivity index (χ4n) is 3.00. The second kappa shape index (κ2) is 6.69. The van der Waals surface area contributed by atoms with Crippen molar-refractivity contribution in [3.05, 3.63) is 21.9 Å². The molecule has 3 heteroatoms. The maximum atomic E-state index is 6.01. The molecular weight excluding hydrogens is 240 g/mol. The number of nitrogens with two attached hydrogens (primary N) is 1. The predicted octanol–water partition coefficient (Wildman–Crippen LogP) is 3.45. The highest BCUT2D eigenvalue weighted by atomic mass is 32.1. The smallest absolute Gasteiger partial charge is 0.0302 e. The molecule has 0 atom stereocenters. The highest BCUT2D eigenvalue weighted by molar-refractivity contribution is 7.10. The zero-order chi connectivity index (χ0) is 12.8. The maximum Gasteiger partial charge on any atom is 0.0302 e. The Labute approximate surface area is 115 Å². The monoisotopic (exact) mass is 266 g/mol. The van der Waals surface area contributed by atoms with Crippen LogP contribution in [-0.4, -0.2) is 13.1 Å². The minimum Gasteiger partial charge on any atom is -0.330 e. The van der Waals surface area contributed by atoms with Gasteiger partial charge in [0.05, 0.1) is 0 Å². The summed E-state index contributed by atoms with van der Waals surface area (Å²) >= 11 is 1.85. The number of hydrogen-bond acceptors (Lipinski definition) is 3. The summed E-state index contributed by atoms with van der Waals surface area (Å²) in [5.41, 5.74) is 7.87. The lowest BCUT2D eigenvalue weighted by Gasteiger charge is -2.36. The van der Waals surface area contributed by atoms with E-state index in [1.54, 1.807) is 0 Å². The number of thiophene rings is 1. The van der Waals surface area contributed by atoms with Crippen LogP contribution in [0.4, 0.5) is 0 Å². The Kier molecular flexibility index (Phi) is 5.22. The van der Waals surface area contributed by atoms with Crippen molar-refractivity contribution in [2.75, 3.05) is 13.1 Å². The van der Waals surface area contributed by atoms with Crippen LogP contribution < -0.4 is 11.1 Å². The molecule has 2 rings (SSSR count). The summed E-state index contributed by atoms with van der Waals surface area (Å²) in [6, 6.07) is 2.20. The van der Waals surface area contributed by atoms with Gasteiger partial charge in [0.25, 0.3) is 0 Å². The van der Waals surface area contributed by atoms with Crippen LogP contribution >= 0.6 is 11.3 Å². The van der Waals surface area contributed by atoms with Gasteiger partial charge < -0.3 is 11.1 Å². The van der Waals surface area contributed by atoms with Crippen molar-refractivity contribution in [1.82, 2.24) is 5.32 Å². The van der Waals surface area contributed by atoms with Crippen molar-refractivity contribution >= 4 is 11.3 Å². The topological polar surface area (TPSA) is 38.0 Å². The molecule has 0 aromatic carbocycles. The molecule has 18 heavy (non-hydrogen) atoms. The summed E-state index contributed by atoms with van der Waals surface area (Å²) in [5, 5.41) is 5.77. The van der Waals surface area contributed by atoms with Gasteiger partial charge >= 0.3 is 0 Å². The minimum atomic E-state index is 0.440. The molecule has 2 nitrogen and oxygen atoms in total. The molecule has 1 fully saturated rings. The fraction of sp³-hybridized carbons (Fsp3) is 0.733. The molecule has 1 saturated carbocycles. The Morgan fingerprint density at radius 3 is 2.72 bits per heavy atom. The lowest BCUT2D eigenvalue weighted by Crippen LogP contribution is -2.35. The van der Waals surface area contributed by atoms with E-state index in [9.17, 15) is 0 Å². The molecule has 0 radical (unpaired) electrons. The van der Waals surface area contributed by atoms with E-state index in [-0.39, 0.29) is 0 Å². The van der Waals surface area contributed by atoms with E-state index in [1.165, 1.54) is 49.0 Å². The Morgan fingerprint density at radius 2 is 2.11 bits per heavy atom. The quantitative estimate of drug-likeness (QED) is 0.774. The van der Waals surface area contributed by atoms with Crippen LogP contribution in [0, 0.1) is 12.3 Å². The average molecular weight is 266 g/mol. The molecule has 0 bridgehead atoms. The van der Waals surface area contributed by atoms with Crippen LogP contribution in [0.25, 0.3) is 0 Å². The van der Waals surface area contributed by atoms with Gasteiger partial charge in [0.1, 0.15) is 0 Å². The Bertz CT molecular complexity index is 353. The van der Waals surface area contributed by atoms with Gasteiger partial charge in [-0.05, 0) is 61.7 Å². The zero-order valence-corrected chi connectivity index (χ0v) is 12.3. The molecule has 0 aliphatic heterocycles. The third-order valence-corrected chi connectivity index (χ3v) is 5.46. The van der Waals surface area contributed by atoms with Crippen LogP contribution in [0.5, 0.6) is 0 Å². The van der Waals surface area contributed by atoms with Gasteiger partial charge in [0.2, 0.25) is 0 Å². The highest BCUT2D eigenvalue weighted by Gasteiger charge is 2.29. The van der Waals surface area contributed by atoms with E-state index in [0.717, 1.165) is 19.6 Å². The summed E-state index contributed by atoms with van der Waals surface area (Å²) in [5.74, 6) is 0. The average Bonchev–Trinajstić information content (AvgIpc) is 2.82. The second-order valence-corrected chi connectivity index (χ2v) is 6.72. The molecular formula is C15H26N2S. The van der Waals surface area contributed by atoms with Gasteiger partial charge in [-0.1, -0.05) is 19.3 Å². The molecule has 0 spiro atoms. The van der Waals surface area contributed by atoms with Crippen LogP contribution in [0.15, 0.2) is 11.4 Å². The van der Waals surface area contributed by atoms with Crippen molar-refractivity contribution < 1.29 is 0 Å². The van der Waals surface area contributed by atoms with Crippen molar-refractivity contribution in [3.8, 4) is 0 Å². The van der Waals surface area contributed by atoms with E-state index in [2.05, 4.69) is 23.7 Å². The van der Waals surface area contributed by atoms with E-state index >= 15 is 0 Å². The van der Waals surface area contributed by atoms with E-state index < -0.39 is 0 Å². The summed E-state index contributed by atoms with van der Waals surface area (Å²) in [6.45, 7) is 5.18. The van der Waals surface area contributed by atoms with Gasteiger partial charge in [-0.15, -0.1) is 11.3 Å². The Hall–Kier alpha value is -0.380. The third-order valence-electron chi connectivity index (χ3n) is 4.43. The van der Waals surface area contributed by atoms with Gasteiger partial charge in [0.15, 0.2) is 0 Å². The molecule has 1 heterocycles. The standard InChI is InChI=1S/C15H26N2S/c1-13-5-10-18-14(13)11-17-9-8-15(12-16)6-3-2-4-7-15/h5,10,17H,2-4,6-9,11-12,16H2,1H3. The summed E-state index contributed by atoms with van der Waals surface area (Å²) in [6.07, 6.45) is 8.08. The third kappa shape index (κ3) is 3.56. The largest absolute Gasteiger partial charge is 0.330 e. The van der Waals surface area contributed by atoms with Crippen molar-refractivity contribution in [3.63, 3.8) is 0 Å². The first-order chi connectivity index (χ1) is 8.76. The SMILES string of the molecule is Cc1ccsc1CNCCC1(CN)CCCCC1. The molecule has 102 valence electrons. The predicted molar refractivity (Wildman–Crippen MR) is 80.0 cm³/mol. The Balaban J connectivity index is 1.72. The van der Waals surface area contributed by atoms with Gasteiger partial charge in [-0.2, -0.15) is 0 Å². The first-order valence-corrected chi connectivity index (χ1v) is 8.07. The van der Waals surface area contributed by atoms with Gasteiger partial charge in [-0.25, -0.2) is 0 Å². The summed E-state index contributed by atoms with van der Waals surface area (Å²) in [4.78, 5) is 1.47. The molecule has 3 N–H and O–H groups in total. The molecule has 1 aliphatic rings.